The zero-order chi connectivity index (χ0) is 30.7. The first kappa shape index (κ1) is 30.4. The Labute approximate surface area is 267 Å². The van der Waals surface area contributed by atoms with Gasteiger partial charge in [0, 0.05) is 32.1 Å². The smallest absolute Gasteiger partial charge is 0.410 e. The quantitative estimate of drug-likeness (QED) is 0.204. The lowest BCUT2D eigenvalue weighted by molar-refractivity contribution is -0.0150. The summed E-state index contributed by atoms with van der Waals surface area (Å²) in [5.74, 6) is 0.772. The summed E-state index contributed by atoms with van der Waals surface area (Å²) >= 11 is 12.0. The molecule has 0 aliphatic carbocycles. The lowest BCUT2D eigenvalue weighted by Gasteiger charge is -2.44. The van der Waals surface area contributed by atoms with E-state index in [2.05, 4.69) is 11.1 Å². The summed E-state index contributed by atoms with van der Waals surface area (Å²) in [5.41, 5.74) is 5.02. The molecule has 0 atom stereocenters. The molecule has 1 aromatic heterocycles. The summed E-state index contributed by atoms with van der Waals surface area (Å²) in [4.78, 5) is 18.6. The number of sulfone groups is 1. The molecular weight excluding hydrogens is 619 g/mol. The van der Waals surface area contributed by atoms with Crippen LogP contribution < -0.4 is 4.74 Å². The Bertz CT molecular complexity index is 1760. The summed E-state index contributed by atoms with van der Waals surface area (Å²) in [6, 6.07) is 24.4. The number of hydrogen-bond donors (Lipinski definition) is 0. The first-order chi connectivity index (χ1) is 21.2. The molecular formula is C34H32Cl2N2O5S. The minimum absolute atomic E-state index is 0.0314. The van der Waals surface area contributed by atoms with Gasteiger partial charge in [-0.15, -0.1) is 0 Å². The summed E-state index contributed by atoms with van der Waals surface area (Å²) in [6.07, 6.45) is 4.50. The number of likely N-dealkylation sites (tertiary alicyclic amines) is 1. The third-order valence-electron chi connectivity index (χ3n) is 8.28. The molecule has 0 saturated carbocycles. The lowest BCUT2D eigenvalue weighted by Crippen LogP contribution is -2.51. The Hall–Kier alpha value is -3.59. The highest BCUT2D eigenvalue weighted by Crippen LogP contribution is 2.41. The number of amides is 1. The second-order valence-corrected chi connectivity index (χ2v) is 14.3. The number of hydrogen-bond acceptors (Lipinski definition) is 6. The monoisotopic (exact) mass is 650 g/mol. The van der Waals surface area contributed by atoms with Crippen LogP contribution in [0.4, 0.5) is 4.79 Å². The fraction of sp³-hybridized carbons (Fsp3) is 0.294. The second-order valence-electron chi connectivity index (χ2n) is 11.4. The summed E-state index contributed by atoms with van der Waals surface area (Å²) < 4.78 is 37.5. The van der Waals surface area contributed by atoms with Gasteiger partial charge >= 0.3 is 6.09 Å². The van der Waals surface area contributed by atoms with Crippen LogP contribution in [0.15, 0.2) is 85.1 Å². The molecule has 10 heteroatoms. The number of pyridine rings is 1. The average molecular weight is 652 g/mol. The van der Waals surface area contributed by atoms with E-state index >= 15 is 0 Å². The number of halogens is 2. The van der Waals surface area contributed by atoms with Crippen molar-refractivity contribution in [3.63, 3.8) is 0 Å². The van der Waals surface area contributed by atoms with Gasteiger partial charge in [-0.05, 0) is 77.1 Å². The van der Waals surface area contributed by atoms with Crippen LogP contribution in [0, 0.1) is 0 Å². The highest BCUT2D eigenvalue weighted by atomic mass is 35.5. The number of nitrogens with zero attached hydrogens (tertiary/aromatic N) is 2. The highest BCUT2D eigenvalue weighted by Gasteiger charge is 2.40. The summed E-state index contributed by atoms with van der Waals surface area (Å²) in [5, 5.41) is 0.895. The van der Waals surface area contributed by atoms with Crippen molar-refractivity contribution >= 4 is 39.1 Å². The first-order valence-electron chi connectivity index (χ1n) is 14.5. The van der Waals surface area contributed by atoms with Crippen LogP contribution in [0.2, 0.25) is 10.0 Å². The highest BCUT2D eigenvalue weighted by molar-refractivity contribution is 7.89. The van der Waals surface area contributed by atoms with E-state index in [1.54, 1.807) is 47.5 Å². The molecule has 0 unspecified atom stereocenters. The van der Waals surface area contributed by atoms with Gasteiger partial charge in [0.25, 0.3) is 0 Å². The van der Waals surface area contributed by atoms with Gasteiger partial charge in [-0.3, -0.25) is 4.98 Å². The van der Waals surface area contributed by atoms with E-state index < -0.39 is 9.84 Å². The lowest BCUT2D eigenvalue weighted by atomic mass is 9.82. The molecule has 4 aromatic rings. The van der Waals surface area contributed by atoms with Gasteiger partial charge < -0.3 is 14.4 Å². The van der Waals surface area contributed by atoms with E-state index in [0.717, 1.165) is 59.3 Å². The van der Waals surface area contributed by atoms with Gasteiger partial charge in [-0.25, -0.2) is 13.2 Å². The number of fused-ring (bicyclic) bond motifs is 1. The SMILES string of the molecule is O=C(OCc1ccc(Cl)c(Cl)c1)N1CCC2(CCc3cc(-c4ccc(CS(=O)(=O)Cc5ccccn5)cc4)ccc3O2)CC1. The number of rotatable bonds is 7. The Morgan fingerprint density at radius 1 is 0.864 bits per heavy atom. The van der Waals surface area contributed by atoms with Crippen molar-refractivity contribution in [3.05, 3.63) is 117 Å². The standard InChI is InChI=1S/C34H32Cl2N2O5S/c35-30-10-6-25(19-31(30)36)21-42-33(39)38-17-14-34(15-18-38)13-12-28-20-27(9-11-32(28)43-34)26-7-4-24(5-8-26)22-44(40,41)23-29-3-1-2-16-37-29/h1-11,16,19-20H,12-15,17-18,21-23H2. The fourth-order valence-corrected chi connectivity index (χ4v) is 7.57. The number of aromatic nitrogens is 1. The van der Waals surface area contributed by atoms with Crippen molar-refractivity contribution in [2.45, 2.75) is 49.4 Å². The fourth-order valence-electron chi connectivity index (χ4n) is 5.82. The van der Waals surface area contributed by atoms with Crippen LogP contribution in [0.3, 0.4) is 0 Å². The van der Waals surface area contributed by atoms with Crippen molar-refractivity contribution < 1.29 is 22.7 Å². The maximum atomic E-state index is 12.7. The minimum Gasteiger partial charge on any atom is -0.487 e. The second kappa shape index (κ2) is 12.8. The topological polar surface area (TPSA) is 85.8 Å². The van der Waals surface area contributed by atoms with Gasteiger partial charge in [0.05, 0.1) is 27.2 Å². The van der Waals surface area contributed by atoms with Gasteiger partial charge in [-0.1, -0.05) is 65.7 Å². The molecule has 0 bridgehead atoms. The molecule has 0 radical (unpaired) electrons. The molecule has 44 heavy (non-hydrogen) atoms. The third kappa shape index (κ3) is 7.20. The largest absolute Gasteiger partial charge is 0.487 e. The van der Waals surface area contributed by atoms with Crippen molar-refractivity contribution in [3.8, 4) is 16.9 Å². The molecule has 3 heterocycles. The number of carbonyl (C=O) groups is 1. The normalized spacial score (nSPS) is 15.8. The van der Waals surface area contributed by atoms with E-state index in [1.165, 1.54) is 0 Å². The maximum Gasteiger partial charge on any atom is 0.410 e. The molecule has 2 aliphatic heterocycles. The molecule has 7 nitrogen and oxygen atoms in total. The molecule has 3 aromatic carbocycles. The van der Waals surface area contributed by atoms with Crippen molar-refractivity contribution in [1.29, 1.82) is 0 Å². The molecule has 228 valence electrons. The molecule has 1 amide bonds. The predicted octanol–water partition coefficient (Wildman–Crippen LogP) is 7.67. The third-order valence-corrected chi connectivity index (χ3v) is 10.5. The van der Waals surface area contributed by atoms with E-state index in [9.17, 15) is 13.2 Å². The van der Waals surface area contributed by atoms with Crippen LogP contribution in [-0.4, -0.2) is 43.1 Å². The van der Waals surface area contributed by atoms with Crippen LogP contribution in [0.25, 0.3) is 11.1 Å². The zero-order valence-corrected chi connectivity index (χ0v) is 26.4. The Morgan fingerprint density at radius 3 is 2.34 bits per heavy atom. The summed E-state index contributed by atoms with van der Waals surface area (Å²) in [6.45, 7) is 1.27. The van der Waals surface area contributed by atoms with Gasteiger partial charge in [-0.2, -0.15) is 0 Å². The van der Waals surface area contributed by atoms with Crippen LogP contribution in [0.1, 0.15) is 41.6 Å². The molecule has 1 saturated heterocycles. The number of carbonyl (C=O) groups excluding carboxylic acids is 1. The Kier molecular flexibility index (Phi) is 8.85. The summed E-state index contributed by atoms with van der Waals surface area (Å²) in [7, 11) is -3.33. The van der Waals surface area contributed by atoms with Crippen LogP contribution >= 0.6 is 23.2 Å². The minimum atomic E-state index is -3.33. The maximum absolute atomic E-state index is 12.7. The van der Waals surface area contributed by atoms with E-state index in [4.69, 9.17) is 32.7 Å². The van der Waals surface area contributed by atoms with E-state index in [0.29, 0.717) is 28.8 Å². The molecule has 2 aliphatic rings. The number of aryl methyl sites for hydroxylation is 1. The average Bonchev–Trinajstić information content (AvgIpc) is 3.02. The van der Waals surface area contributed by atoms with Crippen molar-refractivity contribution in [2.24, 2.45) is 0 Å². The molecule has 1 fully saturated rings. The molecule has 1 spiro atoms. The zero-order valence-electron chi connectivity index (χ0n) is 24.0. The van der Waals surface area contributed by atoms with E-state index in [-0.39, 0.29) is 29.8 Å². The van der Waals surface area contributed by atoms with Crippen molar-refractivity contribution in [1.82, 2.24) is 9.88 Å². The number of benzene rings is 3. The number of piperidine rings is 1. The Balaban J connectivity index is 1.03. The van der Waals surface area contributed by atoms with Gasteiger partial charge in [0.15, 0.2) is 9.84 Å². The molecule has 0 N–H and O–H groups in total. The van der Waals surface area contributed by atoms with Gasteiger partial charge in [0.1, 0.15) is 18.0 Å². The predicted molar refractivity (Wildman–Crippen MR) is 172 cm³/mol. The van der Waals surface area contributed by atoms with Crippen LogP contribution in [-0.2, 0) is 39.1 Å². The van der Waals surface area contributed by atoms with Crippen LogP contribution in [0.5, 0.6) is 5.75 Å². The number of ether oxygens (including phenoxy) is 2. The van der Waals surface area contributed by atoms with Crippen molar-refractivity contribution in [2.75, 3.05) is 13.1 Å². The van der Waals surface area contributed by atoms with E-state index in [1.807, 2.05) is 36.4 Å². The Morgan fingerprint density at radius 2 is 1.61 bits per heavy atom. The first-order valence-corrected chi connectivity index (χ1v) is 17.1. The molecule has 6 rings (SSSR count). The van der Waals surface area contributed by atoms with Gasteiger partial charge in [0.2, 0.25) is 0 Å².